The lowest BCUT2D eigenvalue weighted by atomic mass is 10.2. The van der Waals surface area contributed by atoms with E-state index in [1.54, 1.807) is 0 Å². The van der Waals surface area contributed by atoms with Gasteiger partial charge in [0.15, 0.2) is 0 Å². The highest BCUT2D eigenvalue weighted by atomic mass is 32.2. The number of nitriles is 1. The molecule has 0 atom stereocenters. The van der Waals surface area contributed by atoms with Gasteiger partial charge >= 0.3 is 0 Å². The molecule has 0 aliphatic heterocycles. The zero-order chi connectivity index (χ0) is 14.2. The second-order valence-corrected chi connectivity index (χ2v) is 6.98. The highest BCUT2D eigenvalue weighted by molar-refractivity contribution is 7.89. The second-order valence-electron chi connectivity index (χ2n) is 4.90. The lowest BCUT2D eigenvalue weighted by Gasteiger charge is -2.23. The third-order valence-corrected chi connectivity index (χ3v) is 4.03. The molecule has 0 aliphatic rings. The predicted octanol–water partition coefficient (Wildman–Crippen LogP) is 1.61. The maximum absolute atomic E-state index is 12.1. The molecule has 0 heterocycles. The SMILES string of the molecule is CC(C)CN(CCC#N)S(=O)(=O)CCOC(C)C. The molecule has 0 saturated carbocycles. The summed E-state index contributed by atoms with van der Waals surface area (Å²) in [5.74, 6) is 0.216. The van der Waals surface area contributed by atoms with Crippen molar-refractivity contribution >= 4 is 10.0 Å². The van der Waals surface area contributed by atoms with Crippen molar-refractivity contribution in [2.24, 2.45) is 5.92 Å². The Labute approximate surface area is 111 Å². The minimum absolute atomic E-state index is 0.0245. The van der Waals surface area contributed by atoms with E-state index < -0.39 is 10.0 Å². The largest absolute Gasteiger partial charge is 0.378 e. The number of hydrogen-bond donors (Lipinski definition) is 0. The minimum Gasteiger partial charge on any atom is -0.378 e. The van der Waals surface area contributed by atoms with Crippen LogP contribution < -0.4 is 0 Å². The van der Waals surface area contributed by atoms with Crippen molar-refractivity contribution in [3.63, 3.8) is 0 Å². The smallest absolute Gasteiger partial charge is 0.216 e. The number of hydrogen-bond acceptors (Lipinski definition) is 4. The summed E-state index contributed by atoms with van der Waals surface area (Å²) in [5, 5.41) is 8.57. The Morgan fingerprint density at radius 3 is 2.33 bits per heavy atom. The highest BCUT2D eigenvalue weighted by Gasteiger charge is 2.22. The van der Waals surface area contributed by atoms with Gasteiger partial charge in [0.05, 0.1) is 24.5 Å². The molecular weight excluding hydrogens is 252 g/mol. The molecule has 0 bridgehead atoms. The maximum atomic E-state index is 12.1. The summed E-state index contributed by atoms with van der Waals surface area (Å²) in [4.78, 5) is 0. The van der Waals surface area contributed by atoms with E-state index in [1.165, 1.54) is 4.31 Å². The summed E-state index contributed by atoms with van der Waals surface area (Å²) in [7, 11) is -3.33. The van der Waals surface area contributed by atoms with Gasteiger partial charge in [0.1, 0.15) is 0 Å². The third kappa shape index (κ3) is 7.64. The predicted molar refractivity (Wildman–Crippen MR) is 71.5 cm³/mol. The average Bonchev–Trinajstić information content (AvgIpc) is 2.22. The van der Waals surface area contributed by atoms with Crippen LogP contribution in [-0.4, -0.2) is 44.3 Å². The van der Waals surface area contributed by atoms with Crippen LogP contribution in [-0.2, 0) is 14.8 Å². The molecular formula is C12H24N2O3S. The van der Waals surface area contributed by atoms with E-state index in [4.69, 9.17) is 10.00 Å². The van der Waals surface area contributed by atoms with Crippen LogP contribution in [0.4, 0.5) is 0 Å². The van der Waals surface area contributed by atoms with Crippen LogP contribution >= 0.6 is 0 Å². The lowest BCUT2D eigenvalue weighted by molar-refractivity contribution is 0.0906. The summed E-state index contributed by atoms with van der Waals surface area (Å²) in [6, 6.07) is 1.98. The maximum Gasteiger partial charge on any atom is 0.216 e. The van der Waals surface area contributed by atoms with Crippen LogP contribution in [0.25, 0.3) is 0 Å². The van der Waals surface area contributed by atoms with Gasteiger partial charge in [-0.25, -0.2) is 12.7 Å². The van der Waals surface area contributed by atoms with E-state index in [0.717, 1.165) is 0 Å². The molecule has 0 amide bonds. The summed E-state index contributed by atoms with van der Waals surface area (Å²) in [6.07, 6.45) is 0.245. The summed E-state index contributed by atoms with van der Waals surface area (Å²) < 4.78 is 30.8. The Morgan fingerprint density at radius 2 is 1.89 bits per heavy atom. The Morgan fingerprint density at radius 1 is 1.28 bits per heavy atom. The van der Waals surface area contributed by atoms with Crippen molar-refractivity contribution in [1.29, 1.82) is 5.26 Å². The Balaban J connectivity index is 4.49. The van der Waals surface area contributed by atoms with Gasteiger partial charge in [-0.3, -0.25) is 0 Å². The van der Waals surface area contributed by atoms with Crippen LogP contribution in [0.3, 0.4) is 0 Å². The molecule has 5 nitrogen and oxygen atoms in total. The molecule has 0 unspecified atom stereocenters. The first kappa shape index (κ1) is 17.4. The fourth-order valence-electron chi connectivity index (χ4n) is 1.44. The standard InChI is InChI=1S/C12H24N2O3S/c1-11(2)10-14(7-5-6-13)18(15,16)9-8-17-12(3)4/h11-12H,5,7-10H2,1-4H3. The van der Waals surface area contributed by atoms with Crippen LogP contribution in [0.15, 0.2) is 0 Å². The number of ether oxygens (including phenoxy) is 1. The molecule has 0 saturated heterocycles. The van der Waals surface area contributed by atoms with E-state index in [0.29, 0.717) is 6.54 Å². The molecule has 106 valence electrons. The van der Waals surface area contributed by atoms with E-state index in [2.05, 4.69) is 0 Å². The second kappa shape index (κ2) is 8.46. The molecule has 0 aliphatic carbocycles. The minimum atomic E-state index is -3.33. The molecule has 18 heavy (non-hydrogen) atoms. The van der Waals surface area contributed by atoms with Gasteiger partial charge in [0.2, 0.25) is 10.0 Å². The normalized spacial score (nSPS) is 12.3. The van der Waals surface area contributed by atoms with Crippen molar-refractivity contribution in [3.05, 3.63) is 0 Å². The van der Waals surface area contributed by atoms with Crippen molar-refractivity contribution < 1.29 is 13.2 Å². The van der Waals surface area contributed by atoms with Crippen LogP contribution in [0.1, 0.15) is 34.1 Å². The summed E-state index contributed by atoms with van der Waals surface area (Å²) in [5.41, 5.74) is 0. The van der Waals surface area contributed by atoms with E-state index in [1.807, 2.05) is 33.8 Å². The Hall–Kier alpha value is -0.640. The van der Waals surface area contributed by atoms with Crippen LogP contribution in [0.5, 0.6) is 0 Å². The third-order valence-electron chi connectivity index (χ3n) is 2.23. The fraction of sp³-hybridized carbons (Fsp3) is 0.917. The van der Waals surface area contributed by atoms with Crippen LogP contribution in [0.2, 0.25) is 0 Å². The van der Waals surface area contributed by atoms with Crippen molar-refractivity contribution in [1.82, 2.24) is 4.31 Å². The van der Waals surface area contributed by atoms with Crippen molar-refractivity contribution in [2.75, 3.05) is 25.4 Å². The Kier molecular flexibility index (Phi) is 8.16. The average molecular weight is 276 g/mol. The molecule has 0 spiro atoms. The molecule has 6 heteroatoms. The molecule has 0 rings (SSSR count). The number of rotatable bonds is 9. The lowest BCUT2D eigenvalue weighted by Crippen LogP contribution is -2.37. The van der Waals surface area contributed by atoms with Gasteiger partial charge in [-0.05, 0) is 19.8 Å². The fourth-order valence-corrected chi connectivity index (χ4v) is 2.90. The molecule has 0 aromatic heterocycles. The molecule has 0 fully saturated rings. The van der Waals surface area contributed by atoms with E-state index in [-0.39, 0.29) is 37.3 Å². The van der Waals surface area contributed by atoms with Crippen molar-refractivity contribution in [2.45, 2.75) is 40.2 Å². The zero-order valence-corrected chi connectivity index (χ0v) is 12.5. The number of nitrogens with zero attached hydrogens (tertiary/aromatic N) is 2. The number of sulfonamides is 1. The van der Waals surface area contributed by atoms with Crippen LogP contribution in [0, 0.1) is 17.2 Å². The van der Waals surface area contributed by atoms with Gasteiger partial charge < -0.3 is 4.74 Å². The first-order valence-corrected chi connectivity index (χ1v) is 7.87. The van der Waals surface area contributed by atoms with Gasteiger partial charge in [0, 0.05) is 19.5 Å². The molecule has 0 N–H and O–H groups in total. The summed E-state index contributed by atoms with van der Waals surface area (Å²) in [6.45, 7) is 8.56. The molecule has 0 radical (unpaired) electrons. The van der Waals surface area contributed by atoms with Gasteiger partial charge in [-0.2, -0.15) is 5.26 Å². The van der Waals surface area contributed by atoms with Gasteiger partial charge in [-0.1, -0.05) is 13.8 Å². The van der Waals surface area contributed by atoms with E-state index >= 15 is 0 Å². The van der Waals surface area contributed by atoms with Crippen molar-refractivity contribution in [3.8, 4) is 6.07 Å². The highest BCUT2D eigenvalue weighted by Crippen LogP contribution is 2.08. The van der Waals surface area contributed by atoms with Gasteiger partial charge in [-0.15, -0.1) is 0 Å². The first-order chi connectivity index (χ1) is 8.29. The van der Waals surface area contributed by atoms with Gasteiger partial charge in [0.25, 0.3) is 0 Å². The zero-order valence-electron chi connectivity index (χ0n) is 11.7. The molecule has 0 aromatic carbocycles. The van der Waals surface area contributed by atoms with E-state index in [9.17, 15) is 8.42 Å². The first-order valence-electron chi connectivity index (χ1n) is 6.26. The molecule has 0 aromatic rings. The Bertz CT molecular complexity index is 358. The topological polar surface area (TPSA) is 70.4 Å². The summed E-state index contributed by atoms with van der Waals surface area (Å²) >= 11 is 0. The monoisotopic (exact) mass is 276 g/mol. The quantitative estimate of drug-likeness (QED) is 0.641.